The van der Waals surface area contributed by atoms with Gasteiger partial charge in [-0.15, -0.1) is 0 Å². The average Bonchev–Trinajstić information content (AvgIpc) is 2.06. The van der Waals surface area contributed by atoms with Gasteiger partial charge in [0.1, 0.15) is 0 Å². The van der Waals surface area contributed by atoms with Crippen molar-refractivity contribution in [1.82, 2.24) is 16.0 Å². The average molecular weight is 157 g/mol. The van der Waals surface area contributed by atoms with Crippen LogP contribution in [-0.2, 0) is 0 Å². The van der Waals surface area contributed by atoms with E-state index in [9.17, 15) is 0 Å². The van der Waals surface area contributed by atoms with Crippen LogP contribution in [0.2, 0.25) is 0 Å². The molecule has 0 radical (unpaired) electrons. The monoisotopic (exact) mass is 157 g/mol. The van der Waals surface area contributed by atoms with E-state index in [1.165, 1.54) is 12.8 Å². The van der Waals surface area contributed by atoms with Crippen LogP contribution in [0.25, 0.3) is 0 Å². The van der Waals surface area contributed by atoms with Crippen LogP contribution in [0.15, 0.2) is 0 Å². The van der Waals surface area contributed by atoms with Crippen LogP contribution in [0.4, 0.5) is 0 Å². The fourth-order valence-electron chi connectivity index (χ4n) is 1.18. The van der Waals surface area contributed by atoms with Gasteiger partial charge < -0.3 is 0 Å². The van der Waals surface area contributed by atoms with Gasteiger partial charge in [0.2, 0.25) is 0 Å². The van der Waals surface area contributed by atoms with Crippen molar-refractivity contribution in [2.45, 2.75) is 39.2 Å². The Bertz CT molecular complexity index is 117. The van der Waals surface area contributed by atoms with E-state index in [2.05, 4.69) is 36.7 Å². The first-order chi connectivity index (χ1) is 5.17. The molecule has 3 heteroatoms. The second-order valence-corrected chi connectivity index (χ2v) is 3.71. The summed E-state index contributed by atoms with van der Waals surface area (Å²) in [6.45, 7) is 8.96. The summed E-state index contributed by atoms with van der Waals surface area (Å²) in [7, 11) is 0. The third-order valence-electron chi connectivity index (χ3n) is 2.49. The summed E-state index contributed by atoms with van der Waals surface area (Å²) in [5.74, 6) is 0. The maximum Gasteiger partial charge on any atom is 0.0308 e. The molecular formula is C8H19N3. The molecule has 1 saturated heterocycles. The molecule has 0 spiro atoms. The van der Waals surface area contributed by atoms with Crippen molar-refractivity contribution >= 4 is 0 Å². The van der Waals surface area contributed by atoms with E-state index < -0.39 is 0 Å². The predicted molar refractivity (Wildman–Crippen MR) is 46.8 cm³/mol. The number of nitrogens with zero attached hydrogens (tertiary/aromatic N) is 1. The van der Waals surface area contributed by atoms with Gasteiger partial charge in [-0.1, -0.05) is 6.92 Å². The number of rotatable bonds is 2. The summed E-state index contributed by atoms with van der Waals surface area (Å²) in [6, 6.07) is 0. The Kier molecular flexibility index (Phi) is 2.87. The summed E-state index contributed by atoms with van der Waals surface area (Å²) >= 11 is 0. The van der Waals surface area contributed by atoms with Crippen LogP contribution in [0.1, 0.15) is 33.6 Å². The van der Waals surface area contributed by atoms with Crippen LogP contribution >= 0.6 is 0 Å². The maximum absolute atomic E-state index is 3.19. The minimum Gasteiger partial charge on any atom is -0.244 e. The molecule has 1 aliphatic rings. The molecule has 0 amide bonds. The molecule has 1 heterocycles. The summed E-state index contributed by atoms with van der Waals surface area (Å²) < 4.78 is 0. The topological polar surface area (TPSA) is 27.3 Å². The molecule has 0 aliphatic carbocycles. The normalized spacial score (nSPS) is 22.1. The van der Waals surface area contributed by atoms with E-state index in [1.54, 1.807) is 0 Å². The Morgan fingerprint density at radius 1 is 1.45 bits per heavy atom. The molecule has 1 fully saturated rings. The summed E-state index contributed by atoms with van der Waals surface area (Å²) in [4.78, 5) is 0. The molecular weight excluding hydrogens is 138 g/mol. The Labute approximate surface area is 69.1 Å². The minimum absolute atomic E-state index is 0.271. The number of hydrogen-bond acceptors (Lipinski definition) is 3. The zero-order valence-corrected chi connectivity index (χ0v) is 7.78. The standard InChI is InChI=1S/C8H19N3/c1-4-8(2,3)11-7-5-6-9-10-11/h9-10H,4-7H2,1-3H3. The summed E-state index contributed by atoms with van der Waals surface area (Å²) in [5, 5.41) is 2.27. The Morgan fingerprint density at radius 3 is 2.64 bits per heavy atom. The lowest BCUT2D eigenvalue weighted by molar-refractivity contribution is 0.0125. The van der Waals surface area contributed by atoms with E-state index in [4.69, 9.17) is 0 Å². The lowest BCUT2D eigenvalue weighted by Gasteiger charge is -2.40. The van der Waals surface area contributed by atoms with Gasteiger partial charge in [0.05, 0.1) is 0 Å². The van der Waals surface area contributed by atoms with E-state index in [0.717, 1.165) is 13.1 Å². The van der Waals surface area contributed by atoms with Gasteiger partial charge in [0.15, 0.2) is 0 Å². The van der Waals surface area contributed by atoms with Crippen LogP contribution in [0.5, 0.6) is 0 Å². The van der Waals surface area contributed by atoms with Gasteiger partial charge in [0, 0.05) is 18.6 Å². The van der Waals surface area contributed by atoms with E-state index in [0.29, 0.717) is 0 Å². The van der Waals surface area contributed by atoms with Crippen LogP contribution in [0.3, 0.4) is 0 Å². The third kappa shape index (κ3) is 2.15. The van der Waals surface area contributed by atoms with E-state index in [1.807, 2.05) is 0 Å². The van der Waals surface area contributed by atoms with Crippen molar-refractivity contribution in [3.8, 4) is 0 Å². The number of hydrazine groups is 2. The molecule has 0 aromatic heterocycles. The van der Waals surface area contributed by atoms with Crippen molar-refractivity contribution in [3.63, 3.8) is 0 Å². The fraction of sp³-hybridized carbons (Fsp3) is 1.00. The highest BCUT2D eigenvalue weighted by Gasteiger charge is 2.25. The zero-order chi connectivity index (χ0) is 8.32. The largest absolute Gasteiger partial charge is 0.244 e. The third-order valence-corrected chi connectivity index (χ3v) is 2.49. The van der Waals surface area contributed by atoms with E-state index >= 15 is 0 Å². The molecule has 2 N–H and O–H groups in total. The molecule has 11 heavy (non-hydrogen) atoms. The first-order valence-corrected chi connectivity index (χ1v) is 4.43. The first kappa shape index (κ1) is 8.97. The van der Waals surface area contributed by atoms with Gasteiger partial charge in [-0.2, -0.15) is 5.53 Å². The van der Waals surface area contributed by atoms with Gasteiger partial charge in [-0.05, 0) is 26.7 Å². The van der Waals surface area contributed by atoms with Crippen molar-refractivity contribution in [3.05, 3.63) is 0 Å². The Hall–Kier alpha value is -0.120. The lowest BCUT2D eigenvalue weighted by atomic mass is 10.0. The molecule has 1 aliphatic heterocycles. The van der Waals surface area contributed by atoms with Crippen molar-refractivity contribution < 1.29 is 0 Å². The summed E-state index contributed by atoms with van der Waals surface area (Å²) in [5.41, 5.74) is 6.62. The molecule has 0 aromatic rings. The first-order valence-electron chi connectivity index (χ1n) is 4.43. The minimum atomic E-state index is 0.271. The van der Waals surface area contributed by atoms with Gasteiger partial charge in [0.25, 0.3) is 0 Å². The highest BCUT2D eigenvalue weighted by molar-refractivity contribution is 4.78. The lowest BCUT2D eigenvalue weighted by Crippen LogP contribution is -2.60. The molecule has 0 unspecified atom stereocenters. The van der Waals surface area contributed by atoms with Crippen LogP contribution < -0.4 is 11.0 Å². The molecule has 0 atom stereocenters. The van der Waals surface area contributed by atoms with Crippen LogP contribution in [-0.4, -0.2) is 23.6 Å². The second-order valence-electron chi connectivity index (χ2n) is 3.71. The Morgan fingerprint density at radius 2 is 2.18 bits per heavy atom. The Balaban J connectivity index is 2.43. The highest BCUT2D eigenvalue weighted by atomic mass is 15.7. The maximum atomic E-state index is 3.19. The van der Waals surface area contributed by atoms with Crippen molar-refractivity contribution in [1.29, 1.82) is 0 Å². The fourth-order valence-corrected chi connectivity index (χ4v) is 1.18. The zero-order valence-electron chi connectivity index (χ0n) is 7.78. The molecule has 0 bridgehead atoms. The SMILES string of the molecule is CCC(C)(C)N1CCCNN1. The van der Waals surface area contributed by atoms with Crippen molar-refractivity contribution in [2.75, 3.05) is 13.1 Å². The van der Waals surface area contributed by atoms with Crippen molar-refractivity contribution in [2.24, 2.45) is 0 Å². The molecule has 3 nitrogen and oxygen atoms in total. The van der Waals surface area contributed by atoms with Gasteiger partial charge in [-0.25, -0.2) is 10.4 Å². The smallest absolute Gasteiger partial charge is 0.0308 e. The van der Waals surface area contributed by atoms with Gasteiger partial charge >= 0.3 is 0 Å². The summed E-state index contributed by atoms with van der Waals surface area (Å²) in [6.07, 6.45) is 2.40. The quantitative estimate of drug-likeness (QED) is 0.623. The molecule has 0 aromatic carbocycles. The second kappa shape index (κ2) is 3.52. The van der Waals surface area contributed by atoms with E-state index in [-0.39, 0.29) is 5.54 Å². The molecule has 0 saturated carbocycles. The molecule has 1 rings (SSSR count). The highest BCUT2D eigenvalue weighted by Crippen LogP contribution is 2.16. The van der Waals surface area contributed by atoms with Crippen LogP contribution in [0, 0.1) is 0 Å². The predicted octanol–water partition coefficient (Wildman–Crippen LogP) is 0.890. The number of hydrogen-bond donors (Lipinski definition) is 2. The van der Waals surface area contributed by atoms with Gasteiger partial charge in [-0.3, -0.25) is 0 Å². The number of nitrogens with one attached hydrogen (secondary N) is 2. The molecule has 66 valence electrons.